The maximum atomic E-state index is 12.8. The minimum atomic E-state index is -3.92. The van der Waals surface area contributed by atoms with Crippen molar-refractivity contribution in [2.45, 2.75) is 31.9 Å². The molecule has 34 heavy (non-hydrogen) atoms. The molecule has 1 amide bonds. The maximum absolute atomic E-state index is 12.8. The van der Waals surface area contributed by atoms with Gasteiger partial charge in [0.25, 0.3) is 15.9 Å². The van der Waals surface area contributed by atoms with E-state index in [1.54, 1.807) is 31.2 Å². The number of hydrogen-bond acceptors (Lipinski definition) is 5. The number of benzene rings is 3. The number of alkyl halides is 2. The van der Waals surface area contributed by atoms with Crippen molar-refractivity contribution in [3.63, 3.8) is 0 Å². The van der Waals surface area contributed by atoms with E-state index in [1.165, 1.54) is 37.4 Å². The molecule has 0 bridgehead atoms. The standard InChI is InChI=1S/C24H24F2N2O5S/c1-15-5-4-6-18(11-15)28-34(30,31)19-9-7-16(2)20(13-19)23(29)27-14-17-8-10-21(33-24(25)26)22(12-17)32-3/h4-13,24,28H,14H2,1-3H3,(H,27,29). The zero-order valence-corrected chi connectivity index (χ0v) is 19.6. The van der Waals surface area contributed by atoms with Gasteiger partial charge in [0, 0.05) is 17.8 Å². The summed E-state index contributed by atoms with van der Waals surface area (Å²) in [6.45, 7) is 0.605. The summed E-state index contributed by atoms with van der Waals surface area (Å²) in [5.74, 6) is -0.516. The Morgan fingerprint density at radius 3 is 2.44 bits per heavy atom. The molecule has 0 spiro atoms. The van der Waals surface area contributed by atoms with Crippen molar-refractivity contribution in [1.82, 2.24) is 5.32 Å². The highest BCUT2D eigenvalue weighted by atomic mass is 32.2. The fraction of sp³-hybridized carbons (Fsp3) is 0.208. The molecule has 0 heterocycles. The number of sulfonamides is 1. The Hall–Kier alpha value is -3.66. The Kier molecular flexibility index (Phi) is 7.72. The van der Waals surface area contributed by atoms with Crippen molar-refractivity contribution in [1.29, 1.82) is 0 Å². The summed E-state index contributed by atoms with van der Waals surface area (Å²) in [6.07, 6.45) is 0. The molecule has 0 aliphatic heterocycles. The van der Waals surface area contributed by atoms with Gasteiger partial charge in [0.05, 0.1) is 12.0 Å². The van der Waals surface area contributed by atoms with Crippen LogP contribution in [0.3, 0.4) is 0 Å². The van der Waals surface area contributed by atoms with Crippen molar-refractivity contribution in [3.8, 4) is 11.5 Å². The molecule has 0 fully saturated rings. The fourth-order valence-corrected chi connectivity index (χ4v) is 4.30. The lowest BCUT2D eigenvalue weighted by Gasteiger charge is -2.13. The third kappa shape index (κ3) is 6.22. The molecule has 3 rings (SSSR count). The minimum absolute atomic E-state index is 0.0556. The van der Waals surface area contributed by atoms with Crippen LogP contribution in [-0.4, -0.2) is 28.0 Å². The number of carbonyl (C=O) groups excluding carboxylic acids is 1. The van der Waals surface area contributed by atoms with Crippen LogP contribution in [0.4, 0.5) is 14.5 Å². The summed E-state index contributed by atoms with van der Waals surface area (Å²) < 4.78 is 62.6. The van der Waals surface area contributed by atoms with Crippen LogP contribution in [0.5, 0.6) is 11.5 Å². The summed E-state index contributed by atoms with van der Waals surface area (Å²) >= 11 is 0. The molecule has 0 atom stereocenters. The van der Waals surface area contributed by atoms with Gasteiger partial charge in [0.2, 0.25) is 0 Å². The van der Waals surface area contributed by atoms with Crippen LogP contribution < -0.4 is 19.5 Å². The molecule has 180 valence electrons. The first-order valence-electron chi connectivity index (χ1n) is 10.2. The van der Waals surface area contributed by atoms with E-state index in [2.05, 4.69) is 14.8 Å². The number of nitrogens with one attached hydrogen (secondary N) is 2. The molecule has 7 nitrogen and oxygen atoms in total. The first-order valence-corrected chi connectivity index (χ1v) is 11.7. The van der Waals surface area contributed by atoms with Crippen LogP contribution in [0.25, 0.3) is 0 Å². The van der Waals surface area contributed by atoms with Crippen LogP contribution in [0.1, 0.15) is 27.0 Å². The molecular weight excluding hydrogens is 466 g/mol. The molecule has 0 saturated carbocycles. The van der Waals surface area contributed by atoms with Gasteiger partial charge in [-0.25, -0.2) is 8.42 Å². The SMILES string of the molecule is COc1cc(CNC(=O)c2cc(S(=O)(=O)Nc3cccc(C)c3)ccc2C)ccc1OC(F)F. The third-order valence-electron chi connectivity index (χ3n) is 4.93. The smallest absolute Gasteiger partial charge is 0.387 e. The summed E-state index contributed by atoms with van der Waals surface area (Å²) in [5, 5.41) is 2.70. The second kappa shape index (κ2) is 10.5. The Bertz CT molecular complexity index is 1300. The van der Waals surface area contributed by atoms with Gasteiger partial charge in [-0.1, -0.05) is 24.3 Å². The van der Waals surface area contributed by atoms with Crippen molar-refractivity contribution in [3.05, 3.63) is 82.9 Å². The largest absolute Gasteiger partial charge is 0.493 e. The topological polar surface area (TPSA) is 93.7 Å². The molecule has 0 aliphatic carbocycles. The van der Waals surface area contributed by atoms with Gasteiger partial charge in [0.1, 0.15) is 0 Å². The highest BCUT2D eigenvalue weighted by Gasteiger charge is 2.19. The molecule has 0 unspecified atom stereocenters. The van der Waals surface area contributed by atoms with E-state index in [-0.39, 0.29) is 28.5 Å². The van der Waals surface area contributed by atoms with E-state index in [4.69, 9.17) is 4.74 Å². The Morgan fingerprint density at radius 1 is 1.00 bits per heavy atom. The first kappa shape index (κ1) is 25.0. The number of methoxy groups -OCH3 is 1. The third-order valence-corrected chi connectivity index (χ3v) is 6.31. The number of aryl methyl sites for hydroxylation is 2. The lowest BCUT2D eigenvalue weighted by atomic mass is 10.1. The van der Waals surface area contributed by atoms with Crippen LogP contribution in [0.15, 0.2) is 65.6 Å². The number of ether oxygens (including phenoxy) is 2. The molecule has 10 heteroatoms. The quantitative estimate of drug-likeness (QED) is 0.456. The van der Waals surface area contributed by atoms with Gasteiger partial charge < -0.3 is 14.8 Å². The first-order chi connectivity index (χ1) is 16.1. The lowest BCUT2D eigenvalue weighted by Crippen LogP contribution is -2.24. The predicted octanol–water partition coefficient (Wildman–Crippen LogP) is 4.64. The minimum Gasteiger partial charge on any atom is -0.493 e. The van der Waals surface area contributed by atoms with E-state index in [0.717, 1.165) is 5.56 Å². The molecule has 2 N–H and O–H groups in total. The average molecular weight is 491 g/mol. The van der Waals surface area contributed by atoms with Crippen molar-refractivity contribution >= 4 is 21.6 Å². The van der Waals surface area contributed by atoms with Crippen molar-refractivity contribution in [2.75, 3.05) is 11.8 Å². The van der Waals surface area contributed by atoms with E-state index in [0.29, 0.717) is 16.8 Å². The summed E-state index contributed by atoms with van der Waals surface area (Å²) in [6, 6.07) is 15.5. The molecule has 3 aromatic carbocycles. The second-order valence-electron chi connectivity index (χ2n) is 7.50. The predicted molar refractivity (Wildman–Crippen MR) is 124 cm³/mol. The van der Waals surface area contributed by atoms with Gasteiger partial charge >= 0.3 is 6.61 Å². The Morgan fingerprint density at radius 2 is 1.76 bits per heavy atom. The second-order valence-corrected chi connectivity index (χ2v) is 9.18. The molecular formula is C24H24F2N2O5S. The van der Waals surface area contributed by atoms with Gasteiger partial charge in [-0.3, -0.25) is 9.52 Å². The van der Waals surface area contributed by atoms with E-state index in [1.807, 2.05) is 13.0 Å². The molecule has 0 saturated heterocycles. The van der Waals surface area contributed by atoms with Crippen LogP contribution in [-0.2, 0) is 16.6 Å². The molecule has 0 aliphatic rings. The van der Waals surface area contributed by atoms with E-state index >= 15 is 0 Å². The van der Waals surface area contributed by atoms with Gasteiger partial charge in [-0.05, 0) is 66.9 Å². The highest BCUT2D eigenvalue weighted by molar-refractivity contribution is 7.92. The summed E-state index contributed by atoms with van der Waals surface area (Å²) in [5.41, 5.74) is 2.67. The number of anilines is 1. The van der Waals surface area contributed by atoms with E-state index in [9.17, 15) is 22.0 Å². The molecule has 0 radical (unpaired) electrons. The van der Waals surface area contributed by atoms with Gasteiger partial charge in [-0.15, -0.1) is 0 Å². The fourth-order valence-electron chi connectivity index (χ4n) is 3.23. The van der Waals surface area contributed by atoms with Crippen LogP contribution >= 0.6 is 0 Å². The molecule has 3 aromatic rings. The monoisotopic (exact) mass is 490 g/mol. The summed E-state index contributed by atoms with van der Waals surface area (Å²) in [4.78, 5) is 12.8. The molecule has 0 aromatic heterocycles. The Balaban J connectivity index is 1.76. The Labute approximate surface area is 196 Å². The number of hydrogen-bond donors (Lipinski definition) is 2. The average Bonchev–Trinajstić information content (AvgIpc) is 2.77. The normalized spacial score (nSPS) is 11.2. The summed E-state index contributed by atoms with van der Waals surface area (Å²) in [7, 11) is -2.60. The van der Waals surface area contributed by atoms with Crippen molar-refractivity contribution in [2.24, 2.45) is 0 Å². The number of rotatable bonds is 9. The van der Waals surface area contributed by atoms with Crippen molar-refractivity contribution < 1.29 is 31.5 Å². The van der Waals surface area contributed by atoms with Gasteiger partial charge in [-0.2, -0.15) is 8.78 Å². The zero-order valence-electron chi connectivity index (χ0n) is 18.8. The number of carbonyl (C=O) groups is 1. The maximum Gasteiger partial charge on any atom is 0.387 e. The number of halogens is 2. The zero-order chi connectivity index (χ0) is 24.9. The van der Waals surface area contributed by atoms with Crippen LogP contribution in [0.2, 0.25) is 0 Å². The van der Waals surface area contributed by atoms with Gasteiger partial charge in [0.15, 0.2) is 11.5 Å². The van der Waals surface area contributed by atoms with E-state index < -0.39 is 22.5 Å². The highest BCUT2D eigenvalue weighted by Crippen LogP contribution is 2.29. The number of amides is 1. The lowest BCUT2D eigenvalue weighted by molar-refractivity contribution is -0.0512. The van der Waals surface area contributed by atoms with Crippen LogP contribution in [0, 0.1) is 13.8 Å².